The number of hydrogen-bond acceptors (Lipinski definition) is 3. The van der Waals surface area contributed by atoms with E-state index in [0.29, 0.717) is 12.1 Å². The van der Waals surface area contributed by atoms with Crippen molar-refractivity contribution in [2.75, 3.05) is 5.73 Å². The predicted octanol–water partition coefficient (Wildman–Crippen LogP) is 2.52. The van der Waals surface area contributed by atoms with Gasteiger partial charge in [0.1, 0.15) is 0 Å². The lowest BCUT2D eigenvalue weighted by Gasteiger charge is -2.37. The van der Waals surface area contributed by atoms with Gasteiger partial charge in [0.25, 0.3) is 0 Å². The van der Waals surface area contributed by atoms with Gasteiger partial charge in [-0.2, -0.15) is 0 Å². The Morgan fingerprint density at radius 3 is 2.56 bits per heavy atom. The molecule has 0 spiro atoms. The SMILES string of the molecule is Nc1cc(CN2C3CCC2CC(O)C3)ccc1Br. The Labute approximate surface area is 116 Å². The van der Waals surface area contributed by atoms with Gasteiger partial charge in [-0.3, -0.25) is 4.90 Å². The maximum absolute atomic E-state index is 9.80. The van der Waals surface area contributed by atoms with E-state index in [4.69, 9.17) is 5.73 Å². The van der Waals surface area contributed by atoms with E-state index in [0.717, 1.165) is 29.5 Å². The van der Waals surface area contributed by atoms with Crippen molar-refractivity contribution in [3.63, 3.8) is 0 Å². The number of halogens is 1. The third kappa shape index (κ3) is 2.29. The highest BCUT2D eigenvalue weighted by atomic mass is 79.9. The first kappa shape index (κ1) is 12.5. The molecule has 0 aliphatic carbocycles. The van der Waals surface area contributed by atoms with Crippen LogP contribution in [0, 0.1) is 0 Å². The summed E-state index contributed by atoms with van der Waals surface area (Å²) in [4.78, 5) is 2.55. The Hall–Kier alpha value is -0.580. The number of hydrogen-bond donors (Lipinski definition) is 2. The van der Waals surface area contributed by atoms with Crippen LogP contribution in [0.1, 0.15) is 31.2 Å². The van der Waals surface area contributed by atoms with E-state index in [1.54, 1.807) is 0 Å². The monoisotopic (exact) mass is 310 g/mol. The fourth-order valence-corrected chi connectivity index (χ4v) is 3.65. The molecule has 0 radical (unpaired) electrons. The van der Waals surface area contributed by atoms with E-state index in [2.05, 4.69) is 33.0 Å². The standard InChI is InChI=1S/C14H19BrN2O/c15-13-4-1-9(5-14(13)16)8-17-10-2-3-11(17)7-12(18)6-10/h1,4-5,10-12,18H,2-3,6-8,16H2. The molecule has 2 heterocycles. The number of piperidine rings is 1. The van der Waals surface area contributed by atoms with Gasteiger partial charge in [0.2, 0.25) is 0 Å². The van der Waals surface area contributed by atoms with Crippen molar-refractivity contribution in [3.05, 3.63) is 28.2 Å². The second-order valence-corrected chi connectivity index (χ2v) is 6.39. The third-order valence-corrected chi connectivity index (χ3v) is 5.01. The number of aliphatic hydroxyl groups excluding tert-OH is 1. The normalized spacial score (nSPS) is 31.8. The average Bonchev–Trinajstić information content (AvgIpc) is 2.58. The molecule has 0 aromatic heterocycles. The van der Waals surface area contributed by atoms with E-state index in [9.17, 15) is 5.11 Å². The van der Waals surface area contributed by atoms with Crippen LogP contribution in [0.25, 0.3) is 0 Å². The molecule has 2 atom stereocenters. The highest BCUT2D eigenvalue weighted by Gasteiger charge is 2.39. The predicted molar refractivity (Wildman–Crippen MR) is 76.1 cm³/mol. The first-order valence-corrected chi connectivity index (χ1v) is 7.40. The Balaban J connectivity index is 1.75. The topological polar surface area (TPSA) is 49.5 Å². The van der Waals surface area contributed by atoms with Crippen LogP contribution in [0.2, 0.25) is 0 Å². The van der Waals surface area contributed by atoms with Crippen molar-refractivity contribution in [1.29, 1.82) is 0 Å². The van der Waals surface area contributed by atoms with Crippen LogP contribution in [-0.2, 0) is 6.54 Å². The van der Waals surface area contributed by atoms with Crippen LogP contribution >= 0.6 is 15.9 Å². The van der Waals surface area contributed by atoms with Gasteiger partial charge in [-0.05, 0) is 59.3 Å². The molecule has 4 heteroatoms. The Kier molecular flexibility index (Phi) is 3.34. The number of nitrogens with two attached hydrogens (primary N) is 1. The molecule has 2 unspecified atom stereocenters. The minimum Gasteiger partial charge on any atom is -0.398 e. The number of benzene rings is 1. The number of nitrogen functional groups attached to an aromatic ring is 1. The van der Waals surface area contributed by atoms with Gasteiger partial charge >= 0.3 is 0 Å². The molecule has 2 fully saturated rings. The van der Waals surface area contributed by atoms with Crippen LogP contribution < -0.4 is 5.73 Å². The molecular weight excluding hydrogens is 292 g/mol. The summed E-state index contributed by atoms with van der Waals surface area (Å²) in [5.74, 6) is 0. The summed E-state index contributed by atoms with van der Waals surface area (Å²) >= 11 is 3.43. The number of anilines is 1. The summed E-state index contributed by atoms with van der Waals surface area (Å²) < 4.78 is 0.961. The molecule has 3 rings (SSSR count). The lowest BCUT2D eigenvalue weighted by molar-refractivity contribution is 0.0310. The first-order valence-electron chi connectivity index (χ1n) is 6.61. The quantitative estimate of drug-likeness (QED) is 0.825. The van der Waals surface area contributed by atoms with Crippen molar-refractivity contribution in [2.24, 2.45) is 0 Å². The second-order valence-electron chi connectivity index (χ2n) is 5.54. The summed E-state index contributed by atoms with van der Waals surface area (Å²) in [7, 11) is 0. The third-order valence-electron chi connectivity index (χ3n) is 4.29. The van der Waals surface area contributed by atoms with Gasteiger partial charge in [-0.1, -0.05) is 6.07 Å². The van der Waals surface area contributed by atoms with E-state index in [1.807, 2.05) is 6.07 Å². The van der Waals surface area contributed by atoms with Gasteiger partial charge in [0.15, 0.2) is 0 Å². The molecule has 1 aromatic carbocycles. The van der Waals surface area contributed by atoms with Crippen LogP contribution in [0.4, 0.5) is 5.69 Å². The van der Waals surface area contributed by atoms with Gasteiger partial charge in [0.05, 0.1) is 6.10 Å². The Morgan fingerprint density at radius 1 is 1.28 bits per heavy atom. The zero-order chi connectivity index (χ0) is 12.7. The fraction of sp³-hybridized carbons (Fsp3) is 0.571. The molecule has 3 nitrogen and oxygen atoms in total. The minimum atomic E-state index is -0.0891. The van der Waals surface area contributed by atoms with E-state index < -0.39 is 0 Å². The highest BCUT2D eigenvalue weighted by Crippen LogP contribution is 2.37. The molecule has 18 heavy (non-hydrogen) atoms. The van der Waals surface area contributed by atoms with Crippen LogP contribution in [0.3, 0.4) is 0 Å². The lowest BCUT2D eigenvalue weighted by Crippen LogP contribution is -2.44. The average molecular weight is 311 g/mol. The first-order chi connectivity index (χ1) is 8.63. The number of aliphatic hydroxyl groups is 1. The minimum absolute atomic E-state index is 0.0891. The van der Waals surface area contributed by atoms with E-state index in [-0.39, 0.29) is 6.10 Å². The summed E-state index contributed by atoms with van der Waals surface area (Å²) in [6.07, 6.45) is 4.24. The van der Waals surface area contributed by atoms with Crippen LogP contribution in [0.15, 0.2) is 22.7 Å². The van der Waals surface area contributed by atoms with Gasteiger partial charge in [-0.15, -0.1) is 0 Å². The van der Waals surface area contributed by atoms with Crippen molar-refractivity contribution in [2.45, 2.75) is 50.4 Å². The Bertz CT molecular complexity index is 437. The highest BCUT2D eigenvalue weighted by molar-refractivity contribution is 9.10. The molecule has 1 aromatic rings. The summed E-state index contributed by atoms with van der Waals surface area (Å²) in [6.45, 7) is 0.958. The number of nitrogens with zero attached hydrogens (tertiary/aromatic N) is 1. The second kappa shape index (κ2) is 4.83. The summed E-state index contributed by atoms with van der Waals surface area (Å²) in [5.41, 5.74) is 8.00. The van der Waals surface area contributed by atoms with Gasteiger partial charge < -0.3 is 10.8 Å². The zero-order valence-corrected chi connectivity index (χ0v) is 11.9. The largest absolute Gasteiger partial charge is 0.398 e. The van der Waals surface area contributed by atoms with Gasteiger partial charge in [-0.25, -0.2) is 0 Å². The maximum atomic E-state index is 9.80. The molecule has 3 N–H and O–H groups in total. The van der Waals surface area contributed by atoms with E-state index >= 15 is 0 Å². The number of fused-ring (bicyclic) bond motifs is 2. The molecular formula is C14H19BrN2O. The smallest absolute Gasteiger partial charge is 0.0570 e. The van der Waals surface area contributed by atoms with Crippen molar-refractivity contribution in [1.82, 2.24) is 4.90 Å². The summed E-state index contributed by atoms with van der Waals surface area (Å²) in [6, 6.07) is 7.32. The van der Waals surface area contributed by atoms with Crippen LogP contribution in [0.5, 0.6) is 0 Å². The molecule has 0 saturated carbocycles. The molecule has 2 aliphatic rings. The molecule has 2 aliphatic heterocycles. The fourth-order valence-electron chi connectivity index (χ4n) is 3.41. The summed E-state index contributed by atoms with van der Waals surface area (Å²) in [5, 5.41) is 9.80. The van der Waals surface area contributed by atoms with Crippen LogP contribution in [-0.4, -0.2) is 28.2 Å². The molecule has 98 valence electrons. The lowest BCUT2D eigenvalue weighted by atomic mass is 9.99. The zero-order valence-electron chi connectivity index (χ0n) is 10.3. The Morgan fingerprint density at radius 2 is 1.94 bits per heavy atom. The van der Waals surface area contributed by atoms with Crippen molar-refractivity contribution >= 4 is 21.6 Å². The molecule has 0 amide bonds. The van der Waals surface area contributed by atoms with Crippen molar-refractivity contribution in [3.8, 4) is 0 Å². The maximum Gasteiger partial charge on any atom is 0.0570 e. The van der Waals surface area contributed by atoms with Crippen molar-refractivity contribution < 1.29 is 5.11 Å². The molecule has 2 saturated heterocycles. The number of rotatable bonds is 2. The molecule has 2 bridgehead atoms. The van der Waals surface area contributed by atoms with Gasteiger partial charge in [0, 0.05) is 28.8 Å². The van der Waals surface area contributed by atoms with E-state index in [1.165, 1.54) is 18.4 Å².